The number of rotatable bonds is 4. The molecule has 4 nitrogen and oxygen atoms in total. The molecule has 1 amide bonds. The van der Waals surface area contributed by atoms with Crippen molar-refractivity contribution in [1.82, 2.24) is 10.2 Å². The Morgan fingerprint density at radius 2 is 2.12 bits per heavy atom. The molecule has 3 rings (SSSR count). The zero-order valence-electron chi connectivity index (χ0n) is 14.3. The van der Waals surface area contributed by atoms with Gasteiger partial charge in [0.2, 0.25) is 5.91 Å². The van der Waals surface area contributed by atoms with Crippen LogP contribution >= 0.6 is 11.6 Å². The van der Waals surface area contributed by atoms with Gasteiger partial charge in [-0.2, -0.15) is 0 Å². The number of benzene rings is 1. The number of carbonyl (C=O) groups is 1. The number of hydrogen-bond donors (Lipinski definition) is 2. The van der Waals surface area contributed by atoms with Gasteiger partial charge in [0.05, 0.1) is 6.04 Å². The number of nitrogens with one attached hydrogen (secondary N) is 1. The Morgan fingerprint density at radius 1 is 1.33 bits per heavy atom. The van der Waals surface area contributed by atoms with Crippen LogP contribution in [0.5, 0.6) is 0 Å². The molecular formula is C19H28ClN3O. The molecule has 0 bridgehead atoms. The molecule has 132 valence electrons. The highest BCUT2D eigenvalue weighted by Crippen LogP contribution is 2.39. The quantitative estimate of drug-likeness (QED) is 0.878. The number of carbonyl (C=O) groups excluding carboxylic acids is 1. The summed E-state index contributed by atoms with van der Waals surface area (Å²) in [6.07, 6.45) is 6.43. The van der Waals surface area contributed by atoms with Gasteiger partial charge in [0, 0.05) is 31.1 Å². The van der Waals surface area contributed by atoms with Crippen LogP contribution in [-0.2, 0) is 4.79 Å². The number of hydrogen-bond acceptors (Lipinski definition) is 3. The van der Waals surface area contributed by atoms with E-state index in [2.05, 4.69) is 11.4 Å². The van der Waals surface area contributed by atoms with Gasteiger partial charge in [-0.05, 0) is 42.5 Å². The van der Waals surface area contributed by atoms with E-state index in [1.165, 1.54) is 19.3 Å². The Bertz CT molecular complexity index is 571. The van der Waals surface area contributed by atoms with Gasteiger partial charge in [0.15, 0.2) is 0 Å². The Morgan fingerprint density at radius 3 is 2.83 bits per heavy atom. The maximum Gasteiger partial charge on any atom is 0.223 e. The first-order chi connectivity index (χ1) is 11.6. The Balaban J connectivity index is 1.76. The van der Waals surface area contributed by atoms with E-state index < -0.39 is 0 Å². The standard InChI is InChI=1S/C19H28ClN3O/c20-16-6-4-5-15(11-16)17-13-22-9-10-23(17)18(24)12-19(14-21)7-2-1-3-8-19/h4-6,11,17,22H,1-3,7-10,12-14,21H2. The van der Waals surface area contributed by atoms with Crippen molar-refractivity contribution in [2.45, 2.75) is 44.6 Å². The second-order valence-electron chi connectivity index (χ2n) is 7.30. The lowest BCUT2D eigenvalue weighted by molar-refractivity contribution is -0.137. The van der Waals surface area contributed by atoms with Crippen LogP contribution in [0.4, 0.5) is 0 Å². The molecule has 0 aromatic heterocycles. The molecule has 1 aliphatic carbocycles. The predicted molar refractivity (Wildman–Crippen MR) is 98.0 cm³/mol. The average molecular weight is 350 g/mol. The van der Waals surface area contributed by atoms with Gasteiger partial charge in [-0.15, -0.1) is 0 Å². The smallest absolute Gasteiger partial charge is 0.223 e. The summed E-state index contributed by atoms with van der Waals surface area (Å²) in [5.41, 5.74) is 7.20. The highest BCUT2D eigenvalue weighted by atomic mass is 35.5. The van der Waals surface area contributed by atoms with Crippen LogP contribution in [0.2, 0.25) is 5.02 Å². The normalized spacial score (nSPS) is 23.9. The van der Waals surface area contributed by atoms with Crippen LogP contribution in [0.1, 0.15) is 50.1 Å². The maximum absolute atomic E-state index is 13.1. The molecule has 24 heavy (non-hydrogen) atoms. The van der Waals surface area contributed by atoms with E-state index in [4.69, 9.17) is 17.3 Å². The number of amides is 1. The third kappa shape index (κ3) is 3.93. The number of piperazine rings is 1. The summed E-state index contributed by atoms with van der Waals surface area (Å²) >= 11 is 6.15. The van der Waals surface area contributed by atoms with Crippen molar-refractivity contribution in [1.29, 1.82) is 0 Å². The van der Waals surface area contributed by atoms with Gasteiger partial charge >= 0.3 is 0 Å². The molecule has 5 heteroatoms. The van der Waals surface area contributed by atoms with Crippen molar-refractivity contribution in [3.8, 4) is 0 Å². The lowest BCUT2D eigenvalue weighted by Crippen LogP contribution is -2.50. The molecule has 1 aliphatic heterocycles. The lowest BCUT2D eigenvalue weighted by Gasteiger charge is -2.41. The van der Waals surface area contributed by atoms with Gasteiger partial charge in [0.25, 0.3) is 0 Å². The van der Waals surface area contributed by atoms with E-state index in [-0.39, 0.29) is 17.4 Å². The number of nitrogens with zero attached hydrogens (tertiary/aromatic N) is 1. The van der Waals surface area contributed by atoms with E-state index in [1.807, 2.05) is 23.1 Å². The third-order valence-electron chi connectivity index (χ3n) is 5.67. The fraction of sp³-hybridized carbons (Fsp3) is 0.632. The fourth-order valence-electron chi connectivity index (χ4n) is 4.19. The van der Waals surface area contributed by atoms with Gasteiger partial charge < -0.3 is 16.0 Å². The first-order valence-electron chi connectivity index (χ1n) is 9.09. The summed E-state index contributed by atoms with van der Waals surface area (Å²) in [5.74, 6) is 0.244. The predicted octanol–water partition coefficient (Wildman–Crippen LogP) is 3.11. The van der Waals surface area contributed by atoms with Crippen LogP contribution in [0.3, 0.4) is 0 Å². The molecule has 1 heterocycles. The van der Waals surface area contributed by atoms with Crippen molar-refractivity contribution >= 4 is 17.5 Å². The van der Waals surface area contributed by atoms with Crippen LogP contribution < -0.4 is 11.1 Å². The monoisotopic (exact) mass is 349 g/mol. The zero-order valence-corrected chi connectivity index (χ0v) is 15.0. The van der Waals surface area contributed by atoms with Crippen LogP contribution in [0, 0.1) is 5.41 Å². The van der Waals surface area contributed by atoms with Gasteiger partial charge in [0.1, 0.15) is 0 Å². The molecule has 3 N–H and O–H groups in total. The van der Waals surface area contributed by atoms with Gasteiger partial charge in [-0.25, -0.2) is 0 Å². The summed E-state index contributed by atoms with van der Waals surface area (Å²) in [4.78, 5) is 15.1. The average Bonchev–Trinajstić information content (AvgIpc) is 2.62. The molecule has 1 saturated carbocycles. The van der Waals surface area contributed by atoms with E-state index >= 15 is 0 Å². The Kier molecular flexibility index (Phi) is 5.80. The van der Waals surface area contributed by atoms with Gasteiger partial charge in [-0.1, -0.05) is 43.0 Å². The summed E-state index contributed by atoms with van der Waals surface area (Å²) in [7, 11) is 0. The molecule has 0 spiro atoms. The summed E-state index contributed by atoms with van der Waals surface area (Å²) < 4.78 is 0. The molecule has 0 radical (unpaired) electrons. The van der Waals surface area contributed by atoms with Crippen molar-refractivity contribution in [2.24, 2.45) is 11.1 Å². The van der Waals surface area contributed by atoms with Crippen molar-refractivity contribution < 1.29 is 4.79 Å². The molecule has 2 fully saturated rings. The summed E-state index contributed by atoms with van der Waals surface area (Å²) in [6, 6.07) is 7.92. The number of nitrogens with two attached hydrogens (primary N) is 1. The van der Waals surface area contributed by atoms with E-state index in [0.717, 1.165) is 43.1 Å². The molecule has 1 aromatic carbocycles. The molecule has 1 saturated heterocycles. The molecule has 2 aliphatic rings. The van der Waals surface area contributed by atoms with Gasteiger partial charge in [-0.3, -0.25) is 4.79 Å². The van der Waals surface area contributed by atoms with Crippen molar-refractivity contribution in [3.05, 3.63) is 34.9 Å². The minimum Gasteiger partial charge on any atom is -0.333 e. The van der Waals surface area contributed by atoms with E-state index in [0.29, 0.717) is 13.0 Å². The molecule has 1 unspecified atom stereocenters. The fourth-order valence-corrected chi connectivity index (χ4v) is 4.39. The Hall–Kier alpha value is -1.10. The van der Waals surface area contributed by atoms with Crippen LogP contribution in [-0.4, -0.2) is 37.0 Å². The summed E-state index contributed by atoms with van der Waals surface area (Å²) in [6.45, 7) is 2.99. The Labute approximate surface area is 149 Å². The van der Waals surface area contributed by atoms with Crippen molar-refractivity contribution in [3.63, 3.8) is 0 Å². The lowest BCUT2D eigenvalue weighted by atomic mass is 9.71. The topological polar surface area (TPSA) is 58.4 Å². The zero-order chi connectivity index (χ0) is 17.0. The highest BCUT2D eigenvalue weighted by molar-refractivity contribution is 6.30. The first-order valence-corrected chi connectivity index (χ1v) is 9.47. The van der Waals surface area contributed by atoms with E-state index in [9.17, 15) is 4.79 Å². The molecule has 1 atom stereocenters. The minimum atomic E-state index is 0.0130. The van der Waals surface area contributed by atoms with E-state index in [1.54, 1.807) is 0 Å². The minimum absolute atomic E-state index is 0.0130. The second kappa shape index (κ2) is 7.85. The summed E-state index contributed by atoms with van der Waals surface area (Å²) in [5, 5.41) is 4.12. The van der Waals surface area contributed by atoms with Crippen LogP contribution in [0.25, 0.3) is 0 Å². The highest BCUT2D eigenvalue weighted by Gasteiger charge is 2.36. The third-order valence-corrected chi connectivity index (χ3v) is 5.91. The second-order valence-corrected chi connectivity index (χ2v) is 7.74. The molecule has 1 aromatic rings. The van der Waals surface area contributed by atoms with Crippen molar-refractivity contribution in [2.75, 3.05) is 26.2 Å². The first kappa shape index (κ1) is 17.7. The SMILES string of the molecule is NCC1(CC(=O)N2CCNCC2c2cccc(Cl)c2)CCCCC1. The number of halogens is 1. The largest absolute Gasteiger partial charge is 0.333 e. The maximum atomic E-state index is 13.1. The van der Waals surface area contributed by atoms with Crippen LogP contribution in [0.15, 0.2) is 24.3 Å². The molecular weight excluding hydrogens is 322 g/mol.